The number of amides is 1. The number of cyclic esters (lactones) is 1. The van der Waals surface area contributed by atoms with Crippen molar-refractivity contribution in [2.24, 2.45) is 5.92 Å². The number of allylic oxidation sites excluding steroid dienone is 1. The molecule has 2 aromatic rings. The zero-order chi connectivity index (χ0) is 20.9. The molecule has 1 aliphatic heterocycles. The van der Waals surface area contributed by atoms with E-state index < -0.39 is 18.1 Å². The minimum Gasteiger partial charge on any atom is -0.467 e. The molecular weight excluding hydrogens is 378 g/mol. The van der Waals surface area contributed by atoms with Crippen LogP contribution >= 0.6 is 0 Å². The van der Waals surface area contributed by atoms with Crippen LogP contribution in [0.25, 0.3) is 0 Å². The number of rotatable bonds is 8. The van der Waals surface area contributed by atoms with Gasteiger partial charge in [0.25, 0.3) is 0 Å². The summed E-state index contributed by atoms with van der Waals surface area (Å²) in [5, 5.41) is 0. The van der Waals surface area contributed by atoms with E-state index in [4.69, 9.17) is 9.47 Å². The summed E-state index contributed by atoms with van der Waals surface area (Å²) in [6.45, 7) is 0. The summed E-state index contributed by atoms with van der Waals surface area (Å²) >= 11 is 0. The molecule has 2 fully saturated rings. The van der Waals surface area contributed by atoms with Gasteiger partial charge in [-0.25, -0.2) is 9.59 Å². The Hall–Kier alpha value is -3.08. The van der Waals surface area contributed by atoms with E-state index in [-0.39, 0.29) is 12.1 Å². The van der Waals surface area contributed by atoms with Crippen LogP contribution in [0.3, 0.4) is 0 Å². The van der Waals surface area contributed by atoms with E-state index in [0.717, 1.165) is 11.1 Å². The molecule has 5 nitrogen and oxygen atoms in total. The van der Waals surface area contributed by atoms with Gasteiger partial charge >= 0.3 is 12.1 Å². The van der Waals surface area contributed by atoms with Gasteiger partial charge in [-0.3, -0.25) is 4.90 Å². The summed E-state index contributed by atoms with van der Waals surface area (Å²) < 4.78 is 10.9. The molecule has 4 rings (SSSR count). The highest BCUT2D eigenvalue weighted by atomic mass is 16.6. The zero-order valence-electron chi connectivity index (χ0n) is 17.1. The lowest BCUT2D eigenvalue weighted by Gasteiger charge is -2.29. The highest BCUT2D eigenvalue weighted by molar-refractivity contribution is 5.83. The lowest BCUT2D eigenvalue weighted by atomic mass is 9.98. The average Bonchev–Trinajstić information content (AvgIpc) is 3.55. The molecule has 2 aromatic carbocycles. The first kappa shape index (κ1) is 20.2. The number of methoxy groups -OCH3 is 1. The van der Waals surface area contributed by atoms with Gasteiger partial charge in [0.05, 0.1) is 13.2 Å². The Labute approximate surface area is 177 Å². The van der Waals surface area contributed by atoms with Crippen molar-refractivity contribution in [2.45, 2.75) is 43.9 Å². The predicted molar refractivity (Wildman–Crippen MR) is 114 cm³/mol. The van der Waals surface area contributed by atoms with Gasteiger partial charge in [0.15, 0.2) is 0 Å². The first-order valence-corrected chi connectivity index (χ1v) is 10.5. The number of hydrogen-bond acceptors (Lipinski definition) is 4. The van der Waals surface area contributed by atoms with E-state index in [9.17, 15) is 9.59 Å². The summed E-state index contributed by atoms with van der Waals surface area (Å²) in [6, 6.07) is 18.6. The Bertz CT molecular complexity index is 892. The third-order valence-corrected chi connectivity index (χ3v) is 5.73. The van der Waals surface area contributed by atoms with E-state index >= 15 is 0 Å². The van der Waals surface area contributed by atoms with Crippen LogP contribution in [0.2, 0.25) is 0 Å². The lowest BCUT2D eigenvalue weighted by molar-refractivity contribution is -0.146. The smallest absolute Gasteiger partial charge is 0.411 e. The SMILES string of the molecule is COC(=O)[C@H](Cc1ccccc1)N1C(=O)O[C@H](Cc2ccccc2)[C@@H]1/C=C/C1CC1. The zero-order valence-corrected chi connectivity index (χ0v) is 17.1. The van der Waals surface area contributed by atoms with Crippen molar-refractivity contribution in [3.05, 3.63) is 83.9 Å². The van der Waals surface area contributed by atoms with Gasteiger partial charge in [0.2, 0.25) is 0 Å². The second kappa shape index (κ2) is 9.16. The van der Waals surface area contributed by atoms with Crippen molar-refractivity contribution < 1.29 is 19.1 Å². The molecule has 1 saturated heterocycles. The van der Waals surface area contributed by atoms with Crippen LogP contribution in [-0.2, 0) is 27.1 Å². The van der Waals surface area contributed by atoms with Crippen LogP contribution in [0.1, 0.15) is 24.0 Å². The van der Waals surface area contributed by atoms with Crippen molar-refractivity contribution in [3.8, 4) is 0 Å². The molecule has 1 aliphatic carbocycles. The number of nitrogens with zero attached hydrogens (tertiary/aromatic N) is 1. The lowest BCUT2D eigenvalue weighted by Crippen LogP contribution is -2.49. The number of carbonyl (C=O) groups is 2. The number of carbonyl (C=O) groups excluding carboxylic acids is 2. The highest BCUT2D eigenvalue weighted by Crippen LogP contribution is 2.33. The fourth-order valence-electron chi connectivity index (χ4n) is 3.95. The maximum atomic E-state index is 13.0. The normalized spacial score (nSPS) is 22.2. The molecule has 5 heteroatoms. The largest absolute Gasteiger partial charge is 0.467 e. The van der Waals surface area contributed by atoms with Crippen LogP contribution in [0.5, 0.6) is 0 Å². The summed E-state index contributed by atoms with van der Waals surface area (Å²) in [7, 11) is 1.36. The monoisotopic (exact) mass is 405 g/mol. The molecule has 0 bridgehead atoms. The third-order valence-electron chi connectivity index (χ3n) is 5.73. The summed E-state index contributed by atoms with van der Waals surface area (Å²) in [5.74, 6) is 0.131. The Morgan fingerprint density at radius 1 is 1.07 bits per heavy atom. The van der Waals surface area contributed by atoms with Gasteiger partial charge < -0.3 is 9.47 Å². The number of esters is 1. The minimum atomic E-state index is -0.737. The topological polar surface area (TPSA) is 55.8 Å². The van der Waals surface area contributed by atoms with Gasteiger partial charge in [-0.2, -0.15) is 0 Å². The first-order valence-electron chi connectivity index (χ1n) is 10.5. The molecule has 156 valence electrons. The van der Waals surface area contributed by atoms with Crippen LogP contribution in [0, 0.1) is 5.92 Å². The average molecular weight is 405 g/mol. The van der Waals surface area contributed by atoms with E-state index in [1.54, 1.807) is 4.90 Å². The molecular formula is C25H27NO4. The Balaban J connectivity index is 1.62. The highest BCUT2D eigenvalue weighted by Gasteiger charge is 2.46. The van der Waals surface area contributed by atoms with Crippen molar-refractivity contribution in [1.82, 2.24) is 4.90 Å². The molecule has 2 aliphatic rings. The molecule has 0 aromatic heterocycles. The molecule has 0 spiro atoms. The van der Waals surface area contributed by atoms with Crippen LogP contribution < -0.4 is 0 Å². The molecule has 1 heterocycles. The molecule has 1 saturated carbocycles. The molecule has 0 radical (unpaired) electrons. The Morgan fingerprint density at radius 3 is 2.30 bits per heavy atom. The Morgan fingerprint density at radius 2 is 1.70 bits per heavy atom. The molecule has 0 N–H and O–H groups in total. The number of benzene rings is 2. The maximum Gasteiger partial charge on any atom is 0.411 e. The van der Waals surface area contributed by atoms with Crippen LogP contribution in [-0.4, -0.2) is 42.3 Å². The second-order valence-electron chi connectivity index (χ2n) is 7.96. The summed E-state index contributed by atoms with van der Waals surface area (Å²) in [5.41, 5.74) is 2.07. The summed E-state index contributed by atoms with van der Waals surface area (Å²) in [6.07, 6.45) is 6.73. The second-order valence-corrected chi connectivity index (χ2v) is 7.96. The van der Waals surface area contributed by atoms with E-state index in [1.165, 1.54) is 20.0 Å². The quantitative estimate of drug-likeness (QED) is 0.489. The number of hydrogen-bond donors (Lipinski definition) is 0. The van der Waals surface area contributed by atoms with E-state index in [0.29, 0.717) is 18.8 Å². The fourth-order valence-corrected chi connectivity index (χ4v) is 3.95. The van der Waals surface area contributed by atoms with E-state index in [2.05, 4.69) is 12.2 Å². The van der Waals surface area contributed by atoms with Crippen LogP contribution in [0.4, 0.5) is 4.79 Å². The standard InChI is InChI=1S/C25H27NO4/c1-29-24(27)22(16-19-8-4-2-5-9-19)26-21(15-14-18-12-13-18)23(30-25(26)28)17-20-10-6-3-7-11-20/h2-11,14-15,18,21-23H,12-13,16-17H2,1H3/b15-14+/t21-,22-,23+/m0/s1. The van der Waals surface area contributed by atoms with Gasteiger partial charge in [0.1, 0.15) is 12.1 Å². The Kier molecular flexibility index (Phi) is 6.17. The van der Waals surface area contributed by atoms with Crippen molar-refractivity contribution >= 4 is 12.1 Å². The van der Waals surface area contributed by atoms with Crippen LogP contribution in [0.15, 0.2) is 72.8 Å². The summed E-state index contributed by atoms with van der Waals surface area (Å²) in [4.78, 5) is 27.2. The molecule has 0 unspecified atom stereocenters. The predicted octanol–water partition coefficient (Wildman–Crippen LogP) is 4.17. The van der Waals surface area contributed by atoms with Gasteiger partial charge in [0, 0.05) is 12.8 Å². The van der Waals surface area contributed by atoms with Gasteiger partial charge in [-0.1, -0.05) is 72.8 Å². The third kappa shape index (κ3) is 4.73. The molecule has 3 atom stereocenters. The van der Waals surface area contributed by atoms with Crippen molar-refractivity contribution in [1.29, 1.82) is 0 Å². The fraction of sp³-hybridized carbons (Fsp3) is 0.360. The minimum absolute atomic E-state index is 0.314. The molecule has 1 amide bonds. The molecule has 30 heavy (non-hydrogen) atoms. The number of ether oxygens (including phenoxy) is 2. The maximum absolute atomic E-state index is 13.0. The van der Waals surface area contributed by atoms with Crippen molar-refractivity contribution in [2.75, 3.05) is 7.11 Å². The van der Waals surface area contributed by atoms with Gasteiger partial charge in [-0.05, 0) is 29.9 Å². The van der Waals surface area contributed by atoms with Gasteiger partial charge in [-0.15, -0.1) is 0 Å². The van der Waals surface area contributed by atoms with E-state index in [1.807, 2.05) is 60.7 Å². The van der Waals surface area contributed by atoms with Crippen molar-refractivity contribution in [3.63, 3.8) is 0 Å². The first-order chi connectivity index (χ1) is 14.7.